The summed E-state index contributed by atoms with van der Waals surface area (Å²) in [6, 6.07) is 1.75. The van der Waals surface area contributed by atoms with E-state index in [0.717, 1.165) is 23.7 Å². The molecule has 19 heavy (non-hydrogen) atoms. The molecule has 2 aromatic heterocycles. The highest BCUT2D eigenvalue weighted by molar-refractivity contribution is 7.99. The highest BCUT2D eigenvalue weighted by Gasteiger charge is 2.19. The minimum Gasteiger partial charge on any atom is -0.357 e. The quantitative estimate of drug-likeness (QED) is 0.389. The van der Waals surface area contributed by atoms with E-state index in [0.29, 0.717) is 11.1 Å². The Morgan fingerprint density at radius 2 is 2.16 bits per heavy atom. The zero-order valence-electron chi connectivity index (χ0n) is 10.2. The molecule has 0 unspecified atom stereocenters. The van der Waals surface area contributed by atoms with Gasteiger partial charge in [-0.25, -0.2) is 15.0 Å². The Bertz CT molecular complexity index is 621. The first-order chi connectivity index (χ1) is 9.10. The van der Waals surface area contributed by atoms with Gasteiger partial charge in [0.2, 0.25) is 5.95 Å². The first-order valence-electron chi connectivity index (χ1n) is 5.27. The van der Waals surface area contributed by atoms with E-state index in [2.05, 4.69) is 25.3 Å². The van der Waals surface area contributed by atoms with Crippen molar-refractivity contribution in [2.24, 2.45) is 0 Å². The van der Waals surface area contributed by atoms with Crippen LogP contribution in [0.25, 0.3) is 0 Å². The molecule has 0 fully saturated rings. The molecule has 2 aromatic rings. The summed E-state index contributed by atoms with van der Waals surface area (Å²) in [7, 11) is 1.64. The molecular weight excluding hydrogens is 268 g/mol. The number of aromatic nitrogens is 4. The first kappa shape index (κ1) is 13.1. The van der Waals surface area contributed by atoms with Gasteiger partial charge in [0, 0.05) is 18.9 Å². The van der Waals surface area contributed by atoms with Crippen molar-refractivity contribution in [1.82, 2.24) is 19.9 Å². The molecule has 0 aliphatic carbocycles. The average Bonchev–Trinajstić information content (AvgIpc) is 2.38. The number of nitrogens with one attached hydrogen (secondary N) is 1. The van der Waals surface area contributed by atoms with Crippen LogP contribution in [0.3, 0.4) is 0 Å². The maximum Gasteiger partial charge on any atom is 0.320 e. The Balaban J connectivity index is 2.39. The van der Waals surface area contributed by atoms with Gasteiger partial charge in [-0.15, -0.1) is 0 Å². The average molecular weight is 278 g/mol. The SMILES string of the molecule is CNc1ncc([N+](=O)[O-])c(Sc2nccc(C)n2)n1. The zero-order valence-corrected chi connectivity index (χ0v) is 11.0. The lowest BCUT2D eigenvalue weighted by atomic mass is 10.5. The van der Waals surface area contributed by atoms with Gasteiger partial charge in [-0.2, -0.15) is 4.98 Å². The van der Waals surface area contributed by atoms with E-state index in [9.17, 15) is 10.1 Å². The molecule has 2 heterocycles. The summed E-state index contributed by atoms with van der Waals surface area (Å²) in [6.07, 6.45) is 2.76. The number of anilines is 1. The molecule has 98 valence electrons. The lowest BCUT2D eigenvalue weighted by Crippen LogP contribution is -2.01. The van der Waals surface area contributed by atoms with Crippen LogP contribution in [0.4, 0.5) is 11.6 Å². The van der Waals surface area contributed by atoms with Gasteiger partial charge < -0.3 is 5.32 Å². The molecule has 9 heteroatoms. The van der Waals surface area contributed by atoms with Crippen LogP contribution >= 0.6 is 11.8 Å². The summed E-state index contributed by atoms with van der Waals surface area (Å²) in [4.78, 5) is 26.5. The van der Waals surface area contributed by atoms with Crippen molar-refractivity contribution in [3.05, 3.63) is 34.3 Å². The summed E-state index contributed by atoms with van der Waals surface area (Å²) < 4.78 is 0. The minimum atomic E-state index is -0.530. The fourth-order valence-corrected chi connectivity index (χ4v) is 2.08. The third-order valence-corrected chi connectivity index (χ3v) is 2.99. The van der Waals surface area contributed by atoms with Crippen molar-refractivity contribution in [3.63, 3.8) is 0 Å². The van der Waals surface area contributed by atoms with Gasteiger partial charge in [0.15, 0.2) is 10.2 Å². The van der Waals surface area contributed by atoms with E-state index < -0.39 is 4.92 Å². The highest BCUT2D eigenvalue weighted by Crippen LogP contribution is 2.31. The summed E-state index contributed by atoms with van der Waals surface area (Å²) in [5, 5.41) is 14.3. The van der Waals surface area contributed by atoms with Crippen molar-refractivity contribution >= 4 is 23.4 Å². The minimum absolute atomic E-state index is 0.172. The van der Waals surface area contributed by atoms with E-state index in [1.165, 1.54) is 0 Å². The van der Waals surface area contributed by atoms with Crippen molar-refractivity contribution < 1.29 is 4.92 Å². The lowest BCUT2D eigenvalue weighted by Gasteiger charge is -2.03. The van der Waals surface area contributed by atoms with Gasteiger partial charge >= 0.3 is 5.69 Å². The van der Waals surface area contributed by atoms with Crippen molar-refractivity contribution in [1.29, 1.82) is 0 Å². The number of hydrogen-bond acceptors (Lipinski definition) is 8. The largest absolute Gasteiger partial charge is 0.357 e. The third kappa shape index (κ3) is 3.13. The van der Waals surface area contributed by atoms with Crippen molar-refractivity contribution in [2.75, 3.05) is 12.4 Å². The number of nitro groups is 1. The molecule has 0 spiro atoms. The van der Waals surface area contributed by atoms with Crippen LogP contribution in [0.15, 0.2) is 28.6 Å². The second-order valence-corrected chi connectivity index (χ2v) is 4.43. The smallest absolute Gasteiger partial charge is 0.320 e. The van der Waals surface area contributed by atoms with Crippen molar-refractivity contribution in [3.8, 4) is 0 Å². The van der Waals surface area contributed by atoms with Crippen LogP contribution < -0.4 is 5.32 Å². The lowest BCUT2D eigenvalue weighted by molar-refractivity contribution is -0.388. The maximum atomic E-state index is 10.9. The number of aryl methyl sites for hydroxylation is 1. The van der Waals surface area contributed by atoms with Crippen LogP contribution in [-0.2, 0) is 0 Å². The van der Waals surface area contributed by atoms with Gasteiger partial charge in [0.1, 0.15) is 6.20 Å². The molecule has 0 atom stereocenters. The molecule has 2 rings (SSSR count). The van der Waals surface area contributed by atoms with Crippen LogP contribution in [0.1, 0.15) is 5.69 Å². The monoisotopic (exact) mass is 278 g/mol. The Kier molecular flexibility index (Phi) is 3.85. The van der Waals surface area contributed by atoms with Gasteiger partial charge in [-0.1, -0.05) is 0 Å². The van der Waals surface area contributed by atoms with Crippen LogP contribution in [-0.4, -0.2) is 31.9 Å². The Morgan fingerprint density at radius 3 is 2.79 bits per heavy atom. The van der Waals surface area contributed by atoms with Crippen LogP contribution in [0, 0.1) is 17.0 Å². The predicted octanol–water partition coefficient (Wildman–Crippen LogP) is 1.68. The molecule has 0 aliphatic rings. The second-order valence-electron chi connectivity index (χ2n) is 3.47. The van der Waals surface area contributed by atoms with Gasteiger partial charge in [0.05, 0.1) is 4.92 Å². The van der Waals surface area contributed by atoms with Gasteiger partial charge in [-0.3, -0.25) is 10.1 Å². The molecule has 0 saturated carbocycles. The molecule has 0 amide bonds. The van der Waals surface area contributed by atoms with Crippen LogP contribution in [0.5, 0.6) is 0 Å². The first-order valence-corrected chi connectivity index (χ1v) is 6.08. The molecule has 1 N–H and O–H groups in total. The topological polar surface area (TPSA) is 107 Å². The number of rotatable bonds is 4. The zero-order chi connectivity index (χ0) is 13.8. The summed E-state index contributed by atoms with van der Waals surface area (Å²) in [5.41, 5.74) is 0.608. The second kappa shape index (κ2) is 5.57. The van der Waals surface area contributed by atoms with Gasteiger partial charge in [-0.05, 0) is 24.8 Å². The molecular formula is C10H10N6O2S. The molecule has 0 aliphatic heterocycles. The normalized spacial score (nSPS) is 10.2. The van der Waals surface area contributed by atoms with E-state index in [1.807, 2.05) is 6.92 Å². The molecule has 0 saturated heterocycles. The molecule has 0 bridgehead atoms. The standard InChI is InChI=1S/C10H10N6O2S/c1-6-3-4-12-10(14-6)19-8-7(16(17)18)5-13-9(11-2)15-8/h3-5H,1-2H3,(H,11,13,15). The third-order valence-electron chi connectivity index (χ3n) is 2.12. The number of nitrogens with zero attached hydrogens (tertiary/aromatic N) is 5. The Labute approximate surface area is 112 Å². The fourth-order valence-electron chi connectivity index (χ4n) is 1.24. The molecule has 0 radical (unpaired) electrons. The van der Waals surface area contributed by atoms with Crippen molar-refractivity contribution in [2.45, 2.75) is 17.1 Å². The fraction of sp³-hybridized carbons (Fsp3) is 0.200. The summed E-state index contributed by atoms with van der Waals surface area (Å²) in [5.74, 6) is 0.306. The highest BCUT2D eigenvalue weighted by atomic mass is 32.2. The van der Waals surface area contributed by atoms with Crippen LogP contribution in [0.2, 0.25) is 0 Å². The van der Waals surface area contributed by atoms with E-state index in [1.54, 1.807) is 19.3 Å². The summed E-state index contributed by atoms with van der Waals surface area (Å²) in [6.45, 7) is 1.82. The summed E-state index contributed by atoms with van der Waals surface area (Å²) >= 11 is 1.03. The predicted molar refractivity (Wildman–Crippen MR) is 69.1 cm³/mol. The maximum absolute atomic E-state index is 10.9. The van der Waals surface area contributed by atoms with Gasteiger partial charge in [0.25, 0.3) is 0 Å². The van der Waals surface area contributed by atoms with E-state index >= 15 is 0 Å². The van der Waals surface area contributed by atoms with E-state index in [4.69, 9.17) is 0 Å². The molecule has 8 nitrogen and oxygen atoms in total. The Hall–Kier alpha value is -2.29. The molecule has 0 aromatic carbocycles. The number of hydrogen-bond donors (Lipinski definition) is 1. The Morgan fingerprint density at radius 1 is 1.37 bits per heavy atom. The van der Waals surface area contributed by atoms with E-state index in [-0.39, 0.29) is 10.7 Å².